The number of carbonyl (C=O) groups is 2. The summed E-state index contributed by atoms with van der Waals surface area (Å²) >= 11 is 6.12. The number of hydrogen-bond donors (Lipinski definition) is 2. The van der Waals surface area contributed by atoms with E-state index in [4.69, 9.17) is 11.6 Å². The van der Waals surface area contributed by atoms with E-state index in [2.05, 4.69) is 5.32 Å². The summed E-state index contributed by atoms with van der Waals surface area (Å²) in [6.07, 6.45) is 0.148. The van der Waals surface area contributed by atoms with Crippen molar-refractivity contribution in [2.75, 3.05) is 16.8 Å². The Balaban J connectivity index is 1.71. The van der Waals surface area contributed by atoms with Gasteiger partial charge in [-0.15, -0.1) is 0 Å². The summed E-state index contributed by atoms with van der Waals surface area (Å²) < 4.78 is 0. The highest BCUT2D eigenvalue weighted by Crippen LogP contribution is 2.31. The van der Waals surface area contributed by atoms with E-state index in [1.165, 1.54) is 12.1 Å². The molecule has 1 saturated heterocycles. The molecular formula is C17H15ClN2O3. The molecule has 2 aromatic rings. The molecule has 0 aliphatic carbocycles. The highest BCUT2D eigenvalue weighted by Gasteiger charge is 2.35. The first-order valence-corrected chi connectivity index (χ1v) is 7.57. The zero-order valence-electron chi connectivity index (χ0n) is 12.2. The Morgan fingerprint density at radius 2 is 1.87 bits per heavy atom. The molecule has 5 nitrogen and oxygen atoms in total. The number of para-hydroxylation sites is 1. The fraction of sp³-hybridized carbons (Fsp3) is 0.176. The van der Waals surface area contributed by atoms with Gasteiger partial charge in [-0.05, 0) is 36.4 Å². The van der Waals surface area contributed by atoms with Gasteiger partial charge in [-0.3, -0.25) is 9.59 Å². The average molecular weight is 331 g/mol. The van der Waals surface area contributed by atoms with E-state index >= 15 is 0 Å². The number of rotatable bonds is 3. The number of halogens is 1. The standard InChI is InChI=1S/C17H15ClN2O3/c18-14-3-1-2-4-15(14)20-10-11(9-16(20)22)17(23)19-12-5-7-13(21)8-6-12/h1-8,11,21H,9-10H2,(H,19,23)/t11-/m1/s1. The molecule has 6 heteroatoms. The van der Waals surface area contributed by atoms with Crippen molar-refractivity contribution in [3.05, 3.63) is 53.6 Å². The fourth-order valence-corrected chi connectivity index (χ4v) is 2.81. The van der Waals surface area contributed by atoms with Gasteiger partial charge in [0.2, 0.25) is 11.8 Å². The summed E-state index contributed by atoms with van der Waals surface area (Å²) in [6.45, 7) is 0.298. The number of phenols is 1. The number of nitrogens with one attached hydrogen (secondary N) is 1. The van der Waals surface area contributed by atoms with Crippen molar-refractivity contribution in [2.45, 2.75) is 6.42 Å². The van der Waals surface area contributed by atoms with Gasteiger partial charge in [-0.2, -0.15) is 0 Å². The smallest absolute Gasteiger partial charge is 0.229 e. The Kier molecular flexibility index (Phi) is 4.21. The Labute approximate surface area is 138 Å². The molecular weight excluding hydrogens is 316 g/mol. The number of benzene rings is 2. The quantitative estimate of drug-likeness (QED) is 0.850. The largest absolute Gasteiger partial charge is 0.508 e. The molecule has 1 aliphatic rings. The van der Waals surface area contributed by atoms with Crippen LogP contribution in [0.4, 0.5) is 11.4 Å². The van der Waals surface area contributed by atoms with Crippen LogP contribution in [0, 0.1) is 5.92 Å². The van der Waals surface area contributed by atoms with Crippen molar-refractivity contribution in [3.8, 4) is 5.75 Å². The zero-order valence-corrected chi connectivity index (χ0v) is 13.0. The van der Waals surface area contributed by atoms with E-state index in [9.17, 15) is 14.7 Å². The van der Waals surface area contributed by atoms with Crippen LogP contribution in [0.25, 0.3) is 0 Å². The molecule has 1 heterocycles. The summed E-state index contributed by atoms with van der Waals surface area (Å²) in [6, 6.07) is 13.3. The van der Waals surface area contributed by atoms with Crippen LogP contribution in [-0.4, -0.2) is 23.5 Å². The Bertz CT molecular complexity index is 746. The maximum Gasteiger partial charge on any atom is 0.229 e. The molecule has 3 rings (SSSR count). The average Bonchev–Trinajstić information content (AvgIpc) is 2.92. The van der Waals surface area contributed by atoms with Crippen molar-refractivity contribution >= 4 is 34.8 Å². The maximum absolute atomic E-state index is 12.3. The van der Waals surface area contributed by atoms with Crippen molar-refractivity contribution in [2.24, 2.45) is 5.92 Å². The van der Waals surface area contributed by atoms with Gasteiger partial charge in [0.25, 0.3) is 0 Å². The third-order valence-corrected chi connectivity index (χ3v) is 4.09. The lowest BCUT2D eigenvalue weighted by Crippen LogP contribution is -2.28. The number of amides is 2. The zero-order chi connectivity index (χ0) is 16.4. The molecule has 2 aromatic carbocycles. The maximum atomic E-state index is 12.3. The van der Waals surface area contributed by atoms with Crippen molar-refractivity contribution in [1.82, 2.24) is 0 Å². The second-order valence-corrected chi connectivity index (χ2v) is 5.80. The minimum absolute atomic E-state index is 0.121. The highest BCUT2D eigenvalue weighted by atomic mass is 35.5. The minimum Gasteiger partial charge on any atom is -0.508 e. The molecule has 0 unspecified atom stereocenters. The first-order valence-electron chi connectivity index (χ1n) is 7.19. The normalized spacial score (nSPS) is 17.3. The summed E-state index contributed by atoms with van der Waals surface area (Å²) in [5, 5.41) is 12.5. The lowest BCUT2D eigenvalue weighted by molar-refractivity contribution is -0.122. The lowest BCUT2D eigenvalue weighted by Gasteiger charge is -2.18. The van der Waals surface area contributed by atoms with Gasteiger partial charge in [0.1, 0.15) is 5.75 Å². The molecule has 0 spiro atoms. The van der Waals surface area contributed by atoms with Crippen LogP contribution in [0.15, 0.2) is 48.5 Å². The van der Waals surface area contributed by atoms with Gasteiger partial charge in [-0.1, -0.05) is 23.7 Å². The van der Waals surface area contributed by atoms with Crippen LogP contribution in [0.1, 0.15) is 6.42 Å². The van der Waals surface area contributed by atoms with Crippen LogP contribution in [0.2, 0.25) is 5.02 Å². The summed E-state index contributed by atoms with van der Waals surface area (Å²) in [5.74, 6) is -0.654. The van der Waals surface area contributed by atoms with E-state index in [0.29, 0.717) is 22.9 Å². The number of hydrogen-bond acceptors (Lipinski definition) is 3. The number of anilines is 2. The molecule has 118 valence electrons. The topological polar surface area (TPSA) is 69.6 Å². The number of nitrogens with zero attached hydrogens (tertiary/aromatic N) is 1. The van der Waals surface area contributed by atoms with Gasteiger partial charge >= 0.3 is 0 Å². The van der Waals surface area contributed by atoms with Crippen LogP contribution in [0.3, 0.4) is 0 Å². The second kappa shape index (κ2) is 6.30. The number of phenolic OH excluding ortho intramolecular Hbond substituents is 1. The van der Waals surface area contributed by atoms with Crippen molar-refractivity contribution in [3.63, 3.8) is 0 Å². The summed E-state index contributed by atoms with van der Waals surface area (Å²) in [7, 11) is 0. The van der Waals surface area contributed by atoms with Crippen LogP contribution in [-0.2, 0) is 9.59 Å². The predicted octanol–water partition coefficient (Wildman–Crippen LogP) is 3.04. The minimum atomic E-state index is -0.437. The molecule has 2 N–H and O–H groups in total. The van der Waals surface area contributed by atoms with Gasteiger partial charge in [-0.25, -0.2) is 0 Å². The SMILES string of the molecule is O=C(Nc1ccc(O)cc1)[C@@H]1CC(=O)N(c2ccccc2Cl)C1. The highest BCUT2D eigenvalue weighted by molar-refractivity contribution is 6.33. The monoisotopic (exact) mass is 330 g/mol. The first-order chi connectivity index (χ1) is 11.0. The van der Waals surface area contributed by atoms with E-state index < -0.39 is 5.92 Å². The molecule has 0 saturated carbocycles. The van der Waals surface area contributed by atoms with Crippen LogP contribution < -0.4 is 10.2 Å². The third kappa shape index (κ3) is 3.29. The van der Waals surface area contributed by atoms with Gasteiger partial charge in [0.05, 0.1) is 16.6 Å². The first kappa shape index (κ1) is 15.4. The predicted molar refractivity (Wildman–Crippen MR) is 88.6 cm³/mol. The molecule has 1 atom stereocenters. The molecule has 0 bridgehead atoms. The van der Waals surface area contributed by atoms with Crippen LogP contribution in [0.5, 0.6) is 5.75 Å². The second-order valence-electron chi connectivity index (χ2n) is 5.39. The molecule has 23 heavy (non-hydrogen) atoms. The van der Waals surface area contributed by atoms with Crippen molar-refractivity contribution < 1.29 is 14.7 Å². The summed E-state index contributed by atoms with van der Waals surface area (Å²) in [4.78, 5) is 26.1. The van der Waals surface area contributed by atoms with E-state index in [1.54, 1.807) is 41.3 Å². The molecule has 2 amide bonds. The van der Waals surface area contributed by atoms with Gasteiger partial charge in [0.15, 0.2) is 0 Å². The molecule has 0 aromatic heterocycles. The Morgan fingerprint density at radius 1 is 1.17 bits per heavy atom. The summed E-state index contributed by atoms with van der Waals surface area (Å²) in [5.41, 5.74) is 1.20. The van der Waals surface area contributed by atoms with Crippen LogP contribution >= 0.6 is 11.6 Å². The Morgan fingerprint density at radius 3 is 2.57 bits per heavy atom. The number of aromatic hydroxyl groups is 1. The van der Waals surface area contributed by atoms with Crippen molar-refractivity contribution in [1.29, 1.82) is 0 Å². The molecule has 0 radical (unpaired) electrons. The van der Waals surface area contributed by atoms with Gasteiger partial charge in [0, 0.05) is 18.7 Å². The van der Waals surface area contributed by atoms with E-state index in [1.807, 2.05) is 0 Å². The van der Waals surface area contributed by atoms with E-state index in [-0.39, 0.29) is 24.0 Å². The Hall–Kier alpha value is -2.53. The van der Waals surface area contributed by atoms with Gasteiger partial charge < -0.3 is 15.3 Å². The molecule has 1 aliphatic heterocycles. The molecule has 1 fully saturated rings. The third-order valence-electron chi connectivity index (χ3n) is 3.77. The van der Waals surface area contributed by atoms with E-state index in [0.717, 1.165) is 0 Å². The number of carbonyl (C=O) groups excluding carboxylic acids is 2. The lowest BCUT2D eigenvalue weighted by atomic mass is 10.1. The fourth-order valence-electron chi connectivity index (χ4n) is 2.58.